The largest absolute Gasteiger partial charge is 0.395 e. The van der Waals surface area contributed by atoms with Crippen molar-refractivity contribution < 1.29 is 22.7 Å². The van der Waals surface area contributed by atoms with Crippen molar-refractivity contribution >= 4 is 35.3 Å². The number of rotatable bonds is 10. The zero-order valence-corrected chi connectivity index (χ0v) is 23.0. The van der Waals surface area contributed by atoms with E-state index in [0.717, 1.165) is 54.8 Å². The minimum absolute atomic E-state index is 0.0501. The molecule has 0 unspecified atom stereocenters. The number of alkyl halides is 1. The summed E-state index contributed by atoms with van der Waals surface area (Å²) in [4.78, 5) is 15.9. The van der Waals surface area contributed by atoms with E-state index in [1.165, 1.54) is 31.4 Å². The number of thioether (sulfide) groups is 1. The SMILES string of the molecule is COC1(C(=O)NSc2cc(F)c(N)c(C#N)c2)CCCC1.Fc1ccc(SCCCCN2CC(F)C2)cc1. The number of hydrogen-bond acceptors (Lipinski definition) is 7. The molecule has 11 heteroatoms. The summed E-state index contributed by atoms with van der Waals surface area (Å²) in [5.74, 6) is -0.0531. The number of methoxy groups -OCH3 is 1. The molecule has 1 aliphatic carbocycles. The van der Waals surface area contributed by atoms with E-state index in [0.29, 0.717) is 30.8 Å². The third-order valence-corrected chi connectivity index (χ3v) is 8.42. The van der Waals surface area contributed by atoms with Gasteiger partial charge in [-0.25, -0.2) is 13.2 Å². The summed E-state index contributed by atoms with van der Waals surface area (Å²) in [5, 5.41) is 8.88. The number of likely N-dealkylation sites (tertiary alicyclic amines) is 1. The first kappa shape index (κ1) is 30.2. The molecule has 0 bridgehead atoms. The number of nitriles is 1. The summed E-state index contributed by atoms with van der Waals surface area (Å²) in [7, 11) is 1.52. The molecule has 2 aromatic carbocycles. The maximum atomic E-state index is 13.6. The van der Waals surface area contributed by atoms with Crippen LogP contribution in [0.4, 0.5) is 18.9 Å². The van der Waals surface area contributed by atoms with E-state index >= 15 is 0 Å². The summed E-state index contributed by atoms with van der Waals surface area (Å²) in [5.41, 5.74) is 4.52. The van der Waals surface area contributed by atoms with Gasteiger partial charge < -0.3 is 10.5 Å². The van der Waals surface area contributed by atoms with Crippen LogP contribution in [-0.2, 0) is 9.53 Å². The lowest BCUT2D eigenvalue weighted by Crippen LogP contribution is -2.48. The highest BCUT2D eigenvalue weighted by Crippen LogP contribution is 2.34. The Morgan fingerprint density at radius 2 is 1.87 bits per heavy atom. The lowest BCUT2D eigenvalue weighted by molar-refractivity contribution is -0.140. The predicted molar refractivity (Wildman–Crippen MR) is 145 cm³/mol. The summed E-state index contributed by atoms with van der Waals surface area (Å²) < 4.78 is 46.8. The first-order chi connectivity index (χ1) is 18.3. The Kier molecular flexibility index (Phi) is 11.6. The third kappa shape index (κ3) is 8.56. The number of nitrogens with two attached hydrogens (primary N) is 1. The van der Waals surface area contributed by atoms with Crippen molar-refractivity contribution in [3.05, 3.63) is 53.6 Å². The highest BCUT2D eigenvalue weighted by atomic mass is 32.2. The van der Waals surface area contributed by atoms with E-state index in [4.69, 9.17) is 15.7 Å². The minimum Gasteiger partial charge on any atom is -0.395 e. The van der Waals surface area contributed by atoms with Crippen LogP contribution >= 0.6 is 23.7 Å². The lowest BCUT2D eigenvalue weighted by atomic mass is 10.0. The van der Waals surface area contributed by atoms with Crippen LogP contribution in [-0.4, -0.2) is 55.1 Å². The van der Waals surface area contributed by atoms with Crippen molar-refractivity contribution in [2.75, 3.05) is 38.2 Å². The van der Waals surface area contributed by atoms with Gasteiger partial charge in [0, 0.05) is 30.0 Å². The van der Waals surface area contributed by atoms with Gasteiger partial charge in [-0.3, -0.25) is 14.4 Å². The fourth-order valence-electron chi connectivity index (χ4n) is 4.26. The Labute approximate surface area is 230 Å². The smallest absolute Gasteiger partial charge is 0.262 e. The normalized spacial score (nSPS) is 16.7. The van der Waals surface area contributed by atoms with Gasteiger partial charge in [-0.05, 0) is 99.2 Å². The van der Waals surface area contributed by atoms with E-state index in [9.17, 15) is 18.0 Å². The average Bonchev–Trinajstić information content (AvgIpc) is 3.40. The molecular weight excluding hydrogens is 533 g/mol. The number of amides is 1. The zero-order chi connectivity index (χ0) is 27.5. The molecule has 38 heavy (non-hydrogen) atoms. The van der Waals surface area contributed by atoms with Crippen molar-refractivity contribution in [1.29, 1.82) is 5.26 Å². The molecule has 0 aromatic heterocycles. The van der Waals surface area contributed by atoms with Gasteiger partial charge >= 0.3 is 0 Å². The number of halogens is 3. The number of hydrogen-bond donors (Lipinski definition) is 2. The summed E-state index contributed by atoms with van der Waals surface area (Å²) in [6, 6.07) is 11.1. The Morgan fingerprint density at radius 1 is 1.18 bits per heavy atom. The van der Waals surface area contributed by atoms with E-state index in [-0.39, 0.29) is 23.0 Å². The van der Waals surface area contributed by atoms with Crippen molar-refractivity contribution in [3.63, 3.8) is 0 Å². The highest BCUT2D eigenvalue weighted by molar-refractivity contribution is 7.99. The monoisotopic (exact) mass is 566 g/mol. The fourth-order valence-corrected chi connectivity index (χ4v) is 5.91. The number of carbonyl (C=O) groups excluding carboxylic acids is 1. The maximum absolute atomic E-state index is 13.6. The molecule has 1 saturated carbocycles. The second kappa shape index (κ2) is 14.7. The van der Waals surface area contributed by atoms with Crippen molar-refractivity contribution in [2.45, 2.75) is 60.1 Å². The van der Waals surface area contributed by atoms with E-state index in [1.807, 2.05) is 18.2 Å². The van der Waals surface area contributed by atoms with E-state index in [2.05, 4.69) is 9.62 Å². The van der Waals surface area contributed by atoms with Crippen LogP contribution in [0.2, 0.25) is 0 Å². The number of carbonyl (C=O) groups is 1. The Morgan fingerprint density at radius 3 is 2.47 bits per heavy atom. The van der Waals surface area contributed by atoms with Crippen LogP contribution in [0, 0.1) is 23.0 Å². The Bertz CT molecular complexity index is 1100. The molecule has 2 fully saturated rings. The van der Waals surface area contributed by atoms with E-state index < -0.39 is 17.6 Å². The van der Waals surface area contributed by atoms with Crippen molar-refractivity contribution in [2.24, 2.45) is 0 Å². The molecule has 0 atom stereocenters. The van der Waals surface area contributed by atoms with Crippen LogP contribution in [0.5, 0.6) is 0 Å². The molecule has 0 radical (unpaired) electrons. The number of nitrogens with zero attached hydrogens (tertiary/aromatic N) is 2. The van der Waals surface area contributed by atoms with Crippen LogP contribution in [0.25, 0.3) is 0 Å². The van der Waals surface area contributed by atoms with Crippen LogP contribution < -0.4 is 10.5 Å². The molecule has 2 aromatic rings. The Balaban J connectivity index is 0.000000215. The lowest BCUT2D eigenvalue weighted by Gasteiger charge is -2.34. The second-order valence-corrected chi connectivity index (χ2v) is 11.3. The van der Waals surface area contributed by atoms with Gasteiger partial charge in [0.25, 0.3) is 5.91 Å². The molecule has 3 N–H and O–H groups in total. The van der Waals surface area contributed by atoms with Gasteiger partial charge in [0.05, 0.1) is 11.3 Å². The van der Waals surface area contributed by atoms with Gasteiger partial charge in [0.2, 0.25) is 0 Å². The van der Waals surface area contributed by atoms with Crippen LogP contribution in [0.1, 0.15) is 44.1 Å². The molecular formula is C27H33F3N4O2S2. The number of anilines is 1. The van der Waals surface area contributed by atoms with Crippen molar-refractivity contribution in [3.8, 4) is 6.07 Å². The van der Waals surface area contributed by atoms with Gasteiger partial charge in [-0.15, -0.1) is 11.8 Å². The third-order valence-electron chi connectivity index (χ3n) is 6.56. The Hall–Kier alpha value is -2.39. The fraction of sp³-hybridized carbons (Fsp3) is 0.481. The molecule has 0 spiro atoms. The quantitative estimate of drug-likeness (QED) is 0.165. The first-order valence-electron chi connectivity index (χ1n) is 12.5. The van der Waals surface area contributed by atoms with Gasteiger partial charge in [-0.2, -0.15) is 5.26 Å². The number of ether oxygens (including phenoxy) is 1. The maximum Gasteiger partial charge on any atom is 0.262 e. The van der Waals surface area contributed by atoms with Crippen LogP contribution in [0.3, 0.4) is 0 Å². The number of nitrogens with one attached hydrogen (secondary N) is 1. The van der Waals surface area contributed by atoms with Gasteiger partial charge in [0.1, 0.15) is 29.5 Å². The molecule has 1 heterocycles. The highest BCUT2D eigenvalue weighted by Gasteiger charge is 2.41. The average molecular weight is 567 g/mol. The summed E-state index contributed by atoms with van der Waals surface area (Å²) in [6.45, 7) is 2.24. The van der Waals surface area contributed by atoms with Crippen molar-refractivity contribution in [1.82, 2.24) is 9.62 Å². The number of benzene rings is 2. The second-order valence-electron chi connectivity index (χ2n) is 9.28. The first-order valence-corrected chi connectivity index (χ1v) is 14.3. The molecule has 4 rings (SSSR count). The number of nitrogen functional groups attached to an aromatic ring is 1. The molecule has 2 aliphatic rings. The number of unbranched alkanes of at least 4 members (excludes halogenated alkanes) is 1. The van der Waals surface area contributed by atoms with Gasteiger partial charge in [0.15, 0.2) is 0 Å². The zero-order valence-electron chi connectivity index (χ0n) is 21.4. The van der Waals surface area contributed by atoms with Crippen LogP contribution in [0.15, 0.2) is 46.2 Å². The molecule has 206 valence electrons. The minimum atomic E-state index is -0.794. The molecule has 1 amide bonds. The molecule has 1 aliphatic heterocycles. The summed E-state index contributed by atoms with van der Waals surface area (Å²) in [6.07, 6.45) is 4.88. The van der Waals surface area contributed by atoms with Gasteiger partial charge in [-0.1, -0.05) is 0 Å². The molecule has 1 saturated heterocycles. The standard InChI is InChI=1S/C14H16FN3O2S.C13H17F2NS/c1-20-14(4-2-3-5-14)13(19)18-21-10-6-9(8-16)12(17)11(15)7-10;14-11-3-5-13(6-4-11)17-8-2-1-7-16-9-12(15)10-16/h6-7H,2-5,17H2,1H3,(H,18,19);3-6,12H,1-2,7-10H2. The topological polar surface area (TPSA) is 91.4 Å². The van der Waals surface area contributed by atoms with E-state index in [1.54, 1.807) is 11.8 Å². The predicted octanol–water partition coefficient (Wildman–Crippen LogP) is 5.71. The summed E-state index contributed by atoms with van der Waals surface area (Å²) >= 11 is 2.70. The molecule has 6 nitrogen and oxygen atoms in total.